The summed E-state index contributed by atoms with van der Waals surface area (Å²) < 4.78 is 6.07. The molecule has 0 aliphatic heterocycles. The molecule has 106 valence electrons. The molecule has 0 amide bonds. The molecular formula is C18H28O. The van der Waals surface area contributed by atoms with Crippen LogP contribution in [0.1, 0.15) is 52.5 Å². The fourth-order valence-corrected chi connectivity index (χ4v) is 3.63. The quantitative estimate of drug-likeness (QED) is 0.755. The number of benzene rings is 1. The number of ether oxygens (including phenoxy) is 1. The van der Waals surface area contributed by atoms with Crippen LogP contribution >= 0.6 is 0 Å². The van der Waals surface area contributed by atoms with Gasteiger partial charge < -0.3 is 4.74 Å². The topological polar surface area (TPSA) is 9.23 Å². The monoisotopic (exact) mass is 260 g/mol. The van der Waals surface area contributed by atoms with E-state index in [4.69, 9.17) is 4.74 Å². The molecule has 0 aromatic heterocycles. The van der Waals surface area contributed by atoms with Crippen molar-refractivity contribution in [3.63, 3.8) is 0 Å². The molecule has 0 radical (unpaired) electrons. The third-order valence-corrected chi connectivity index (χ3v) is 4.88. The Morgan fingerprint density at radius 1 is 1.16 bits per heavy atom. The maximum absolute atomic E-state index is 6.07. The Bertz CT molecular complexity index is 382. The normalized spacial score (nSPS) is 28.3. The minimum absolute atomic E-state index is 0.196. The van der Waals surface area contributed by atoms with Gasteiger partial charge in [0.2, 0.25) is 0 Å². The highest BCUT2D eigenvalue weighted by Gasteiger charge is 2.40. The van der Waals surface area contributed by atoms with Crippen molar-refractivity contribution >= 4 is 0 Å². The molecule has 1 aromatic carbocycles. The third kappa shape index (κ3) is 3.20. The van der Waals surface area contributed by atoms with Crippen LogP contribution in [0.15, 0.2) is 30.3 Å². The highest BCUT2D eigenvalue weighted by molar-refractivity contribution is 5.25. The average molecular weight is 260 g/mol. The molecular weight excluding hydrogens is 232 g/mol. The Morgan fingerprint density at radius 3 is 2.47 bits per heavy atom. The first-order valence-corrected chi connectivity index (χ1v) is 7.72. The van der Waals surface area contributed by atoms with Crippen molar-refractivity contribution < 1.29 is 4.74 Å². The number of hydrogen-bond acceptors (Lipinski definition) is 1. The molecule has 3 unspecified atom stereocenters. The average Bonchev–Trinajstić information content (AvgIpc) is 2.40. The fourth-order valence-electron chi connectivity index (χ4n) is 3.63. The summed E-state index contributed by atoms with van der Waals surface area (Å²) in [5.74, 6) is 1.44. The molecule has 1 nitrogen and oxygen atoms in total. The van der Waals surface area contributed by atoms with Crippen LogP contribution in [-0.4, -0.2) is 12.7 Å². The maximum Gasteiger partial charge on any atom is 0.0614 e. The van der Waals surface area contributed by atoms with Crippen LogP contribution in [0, 0.1) is 11.8 Å². The SMILES string of the molecule is CCOC1CC(C)CCC1C(C)(C)c1ccccc1. The van der Waals surface area contributed by atoms with E-state index in [2.05, 4.69) is 58.0 Å². The molecule has 1 aliphatic carbocycles. The lowest BCUT2D eigenvalue weighted by atomic mass is 9.64. The molecule has 0 saturated heterocycles. The Hall–Kier alpha value is -0.820. The van der Waals surface area contributed by atoms with Gasteiger partial charge in [-0.05, 0) is 42.6 Å². The Morgan fingerprint density at radius 2 is 1.84 bits per heavy atom. The summed E-state index contributed by atoms with van der Waals surface area (Å²) in [4.78, 5) is 0. The van der Waals surface area contributed by atoms with Crippen molar-refractivity contribution in [3.8, 4) is 0 Å². The van der Waals surface area contributed by atoms with E-state index in [9.17, 15) is 0 Å². The Balaban J connectivity index is 2.22. The lowest BCUT2D eigenvalue weighted by molar-refractivity contribution is -0.0409. The van der Waals surface area contributed by atoms with Crippen LogP contribution in [0.2, 0.25) is 0 Å². The highest BCUT2D eigenvalue weighted by atomic mass is 16.5. The van der Waals surface area contributed by atoms with Crippen molar-refractivity contribution in [3.05, 3.63) is 35.9 Å². The number of hydrogen-bond donors (Lipinski definition) is 0. The first-order valence-electron chi connectivity index (χ1n) is 7.72. The van der Waals surface area contributed by atoms with Gasteiger partial charge in [-0.25, -0.2) is 0 Å². The van der Waals surface area contributed by atoms with Gasteiger partial charge in [0, 0.05) is 6.61 Å². The van der Waals surface area contributed by atoms with Crippen molar-refractivity contribution in [2.24, 2.45) is 11.8 Å². The van der Waals surface area contributed by atoms with Crippen LogP contribution in [0.25, 0.3) is 0 Å². The number of rotatable bonds is 4. The van der Waals surface area contributed by atoms with Crippen LogP contribution in [-0.2, 0) is 10.2 Å². The zero-order valence-electron chi connectivity index (χ0n) is 12.9. The Labute approximate surface area is 118 Å². The van der Waals surface area contributed by atoms with E-state index in [1.807, 2.05) is 0 Å². The summed E-state index contributed by atoms with van der Waals surface area (Å²) in [6, 6.07) is 10.9. The lowest BCUT2D eigenvalue weighted by Crippen LogP contribution is -2.42. The molecule has 0 bridgehead atoms. The first kappa shape index (κ1) is 14.6. The Kier molecular flexibility index (Phi) is 4.67. The fraction of sp³-hybridized carbons (Fsp3) is 0.667. The molecule has 0 N–H and O–H groups in total. The molecule has 3 atom stereocenters. The molecule has 0 heterocycles. The summed E-state index contributed by atoms with van der Waals surface area (Å²) in [6.45, 7) is 10.1. The van der Waals surface area contributed by atoms with Gasteiger partial charge in [0.05, 0.1) is 6.10 Å². The molecule has 0 spiro atoms. The van der Waals surface area contributed by atoms with E-state index in [-0.39, 0.29) is 5.41 Å². The van der Waals surface area contributed by atoms with Gasteiger partial charge in [-0.2, -0.15) is 0 Å². The summed E-state index contributed by atoms with van der Waals surface area (Å²) in [5.41, 5.74) is 1.64. The summed E-state index contributed by atoms with van der Waals surface area (Å²) in [5, 5.41) is 0. The third-order valence-electron chi connectivity index (χ3n) is 4.88. The second-order valence-corrected chi connectivity index (χ2v) is 6.61. The largest absolute Gasteiger partial charge is 0.378 e. The molecule has 1 aromatic rings. The smallest absolute Gasteiger partial charge is 0.0614 e. The molecule has 1 aliphatic rings. The van der Waals surface area contributed by atoms with Gasteiger partial charge in [0.25, 0.3) is 0 Å². The van der Waals surface area contributed by atoms with E-state index in [0.29, 0.717) is 12.0 Å². The van der Waals surface area contributed by atoms with E-state index in [0.717, 1.165) is 12.5 Å². The van der Waals surface area contributed by atoms with Crippen molar-refractivity contribution in [1.29, 1.82) is 0 Å². The van der Waals surface area contributed by atoms with Crippen LogP contribution < -0.4 is 0 Å². The van der Waals surface area contributed by atoms with E-state index < -0.39 is 0 Å². The zero-order valence-corrected chi connectivity index (χ0v) is 12.9. The van der Waals surface area contributed by atoms with Crippen molar-refractivity contribution in [2.75, 3.05) is 6.61 Å². The molecule has 1 saturated carbocycles. The standard InChI is InChI=1S/C18H28O/c1-5-19-17-13-14(2)11-12-16(17)18(3,4)15-9-7-6-8-10-15/h6-10,14,16-17H,5,11-13H2,1-4H3. The summed E-state index contributed by atoms with van der Waals surface area (Å²) in [6.07, 6.45) is 4.26. The molecule has 19 heavy (non-hydrogen) atoms. The summed E-state index contributed by atoms with van der Waals surface area (Å²) in [7, 11) is 0. The van der Waals surface area contributed by atoms with E-state index in [1.54, 1.807) is 0 Å². The van der Waals surface area contributed by atoms with Crippen molar-refractivity contribution in [2.45, 2.75) is 58.5 Å². The van der Waals surface area contributed by atoms with Crippen LogP contribution in [0.3, 0.4) is 0 Å². The lowest BCUT2D eigenvalue weighted by Gasteiger charge is -2.44. The molecule has 1 fully saturated rings. The van der Waals surface area contributed by atoms with Crippen LogP contribution in [0.4, 0.5) is 0 Å². The molecule has 1 heteroatoms. The van der Waals surface area contributed by atoms with Crippen LogP contribution in [0.5, 0.6) is 0 Å². The predicted octanol–water partition coefficient (Wildman–Crippen LogP) is 4.81. The minimum atomic E-state index is 0.196. The predicted molar refractivity (Wildman–Crippen MR) is 81.4 cm³/mol. The van der Waals surface area contributed by atoms with E-state index >= 15 is 0 Å². The zero-order chi connectivity index (χ0) is 13.9. The second-order valence-electron chi connectivity index (χ2n) is 6.61. The summed E-state index contributed by atoms with van der Waals surface area (Å²) >= 11 is 0. The van der Waals surface area contributed by atoms with E-state index in [1.165, 1.54) is 24.8 Å². The first-order chi connectivity index (χ1) is 9.05. The second kappa shape index (κ2) is 6.09. The van der Waals surface area contributed by atoms with Gasteiger partial charge in [-0.1, -0.05) is 57.5 Å². The van der Waals surface area contributed by atoms with Gasteiger partial charge in [-0.15, -0.1) is 0 Å². The van der Waals surface area contributed by atoms with Gasteiger partial charge in [0.1, 0.15) is 0 Å². The maximum atomic E-state index is 6.07. The molecule has 2 rings (SSSR count). The van der Waals surface area contributed by atoms with Gasteiger partial charge in [-0.3, -0.25) is 0 Å². The van der Waals surface area contributed by atoms with Gasteiger partial charge in [0.15, 0.2) is 0 Å². The highest BCUT2D eigenvalue weighted by Crippen LogP contribution is 2.43. The van der Waals surface area contributed by atoms with Gasteiger partial charge >= 0.3 is 0 Å². The van der Waals surface area contributed by atoms with Crippen molar-refractivity contribution in [1.82, 2.24) is 0 Å². The minimum Gasteiger partial charge on any atom is -0.378 e.